The third kappa shape index (κ3) is 2.34. The molecule has 0 N–H and O–H groups in total. The van der Waals surface area contributed by atoms with E-state index in [1.165, 1.54) is 24.8 Å². The minimum Gasteiger partial charge on any atom is -0.125 e. The van der Waals surface area contributed by atoms with Crippen LogP contribution in [0.25, 0.3) is 0 Å². The molecular weight excluding hydrogens is 108 g/mol. The zero-order valence-corrected chi connectivity index (χ0v) is 5.85. The predicted octanol–water partition coefficient (Wildman–Crippen LogP) is 2.83. The molecule has 0 aliphatic heterocycles. The zero-order chi connectivity index (χ0) is 6.53. The number of rotatable bonds is 0. The second kappa shape index (κ2) is 3.32. The van der Waals surface area contributed by atoms with E-state index in [0.717, 1.165) is 0 Å². The van der Waals surface area contributed by atoms with E-state index in [4.69, 9.17) is 0 Å². The fourth-order valence-corrected chi connectivity index (χ4v) is 0.908. The lowest BCUT2D eigenvalue weighted by atomic mass is 10.1. The maximum Gasteiger partial charge on any atom is -0.0204 e. The SMILES string of the molecule is CC1=CC=C=CCCC1. The first-order valence-electron chi connectivity index (χ1n) is 3.46. The third-order valence-corrected chi connectivity index (χ3v) is 1.50. The highest BCUT2D eigenvalue weighted by Crippen LogP contribution is 2.08. The molecule has 1 aliphatic carbocycles. The first-order valence-corrected chi connectivity index (χ1v) is 3.46. The summed E-state index contributed by atoms with van der Waals surface area (Å²) in [6, 6.07) is 0. The summed E-state index contributed by atoms with van der Waals surface area (Å²) < 4.78 is 0. The molecule has 1 rings (SSSR count). The van der Waals surface area contributed by atoms with Gasteiger partial charge < -0.3 is 0 Å². The van der Waals surface area contributed by atoms with Gasteiger partial charge in [0.2, 0.25) is 0 Å². The van der Waals surface area contributed by atoms with Gasteiger partial charge in [0.25, 0.3) is 0 Å². The van der Waals surface area contributed by atoms with E-state index in [9.17, 15) is 0 Å². The van der Waals surface area contributed by atoms with Gasteiger partial charge in [-0.25, -0.2) is 0 Å². The van der Waals surface area contributed by atoms with Crippen LogP contribution in [0.1, 0.15) is 26.2 Å². The van der Waals surface area contributed by atoms with Crippen molar-refractivity contribution in [2.75, 3.05) is 0 Å². The summed E-state index contributed by atoms with van der Waals surface area (Å²) >= 11 is 0. The molecule has 0 heteroatoms. The van der Waals surface area contributed by atoms with Crippen LogP contribution in [0.3, 0.4) is 0 Å². The molecule has 0 atom stereocenters. The van der Waals surface area contributed by atoms with Crippen LogP contribution in [-0.2, 0) is 0 Å². The molecule has 0 nitrogen and oxygen atoms in total. The van der Waals surface area contributed by atoms with E-state index in [-0.39, 0.29) is 0 Å². The second-order valence-electron chi connectivity index (χ2n) is 2.44. The molecule has 0 saturated heterocycles. The van der Waals surface area contributed by atoms with Crippen LogP contribution in [-0.4, -0.2) is 0 Å². The Balaban J connectivity index is 2.66. The Morgan fingerprint density at radius 3 is 3.33 bits per heavy atom. The van der Waals surface area contributed by atoms with Gasteiger partial charge in [-0.2, -0.15) is 0 Å². The lowest BCUT2D eigenvalue weighted by Crippen LogP contribution is -1.77. The molecule has 0 radical (unpaired) electrons. The number of hydrogen-bond acceptors (Lipinski definition) is 0. The third-order valence-electron chi connectivity index (χ3n) is 1.50. The monoisotopic (exact) mass is 120 g/mol. The molecule has 9 heavy (non-hydrogen) atoms. The molecule has 0 aromatic carbocycles. The molecular formula is C9H12. The van der Waals surface area contributed by atoms with E-state index >= 15 is 0 Å². The van der Waals surface area contributed by atoms with Gasteiger partial charge >= 0.3 is 0 Å². The van der Waals surface area contributed by atoms with Crippen LogP contribution in [0.5, 0.6) is 0 Å². The van der Waals surface area contributed by atoms with Crippen molar-refractivity contribution in [2.24, 2.45) is 0 Å². The highest BCUT2D eigenvalue weighted by Gasteiger charge is 1.88. The van der Waals surface area contributed by atoms with Crippen molar-refractivity contribution in [3.05, 3.63) is 29.5 Å². The van der Waals surface area contributed by atoms with Gasteiger partial charge in [0, 0.05) is 0 Å². The Morgan fingerprint density at radius 1 is 1.56 bits per heavy atom. The fraction of sp³-hybridized carbons (Fsp3) is 0.444. The smallest absolute Gasteiger partial charge is 0.0204 e. The Morgan fingerprint density at radius 2 is 2.44 bits per heavy atom. The lowest BCUT2D eigenvalue weighted by molar-refractivity contribution is 0.831. The van der Waals surface area contributed by atoms with E-state index < -0.39 is 0 Å². The van der Waals surface area contributed by atoms with Crippen molar-refractivity contribution in [3.8, 4) is 0 Å². The highest BCUT2D eigenvalue weighted by atomic mass is 13.9. The van der Waals surface area contributed by atoms with E-state index in [0.29, 0.717) is 0 Å². The van der Waals surface area contributed by atoms with Crippen molar-refractivity contribution in [1.82, 2.24) is 0 Å². The first kappa shape index (κ1) is 6.38. The van der Waals surface area contributed by atoms with Crippen molar-refractivity contribution < 1.29 is 0 Å². The van der Waals surface area contributed by atoms with Crippen LogP contribution in [0.15, 0.2) is 29.5 Å². The molecule has 1 aliphatic rings. The molecule has 0 aromatic heterocycles. The Kier molecular flexibility index (Phi) is 2.35. The number of hydrogen-bond donors (Lipinski definition) is 0. The summed E-state index contributed by atoms with van der Waals surface area (Å²) in [5, 5.41) is 0. The summed E-state index contributed by atoms with van der Waals surface area (Å²) in [6.45, 7) is 2.17. The Hall–Kier alpha value is -0.740. The predicted molar refractivity (Wildman–Crippen MR) is 40.3 cm³/mol. The maximum atomic E-state index is 3.09. The van der Waals surface area contributed by atoms with Gasteiger partial charge in [0.1, 0.15) is 0 Å². The van der Waals surface area contributed by atoms with Crippen molar-refractivity contribution >= 4 is 0 Å². The van der Waals surface area contributed by atoms with Crippen LogP contribution < -0.4 is 0 Å². The lowest BCUT2D eigenvalue weighted by Gasteiger charge is -1.97. The second-order valence-corrected chi connectivity index (χ2v) is 2.44. The van der Waals surface area contributed by atoms with Crippen molar-refractivity contribution in [1.29, 1.82) is 0 Å². The molecule has 0 fully saturated rings. The summed E-state index contributed by atoms with van der Waals surface area (Å²) in [5.74, 6) is 0. The largest absolute Gasteiger partial charge is 0.125 e. The summed E-state index contributed by atoms with van der Waals surface area (Å²) in [5.41, 5.74) is 4.56. The van der Waals surface area contributed by atoms with E-state index in [1.54, 1.807) is 0 Å². The molecule has 0 heterocycles. The van der Waals surface area contributed by atoms with Gasteiger partial charge in [0.15, 0.2) is 0 Å². The van der Waals surface area contributed by atoms with Crippen LogP contribution in [0.4, 0.5) is 0 Å². The molecule has 0 spiro atoms. The average Bonchev–Trinajstić information content (AvgIpc) is 1.79. The van der Waals surface area contributed by atoms with E-state index in [1.807, 2.05) is 6.08 Å². The van der Waals surface area contributed by atoms with Crippen LogP contribution in [0, 0.1) is 0 Å². The quantitative estimate of drug-likeness (QED) is 0.431. The fourth-order valence-electron chi connectivity index (χ4n) is 0.908. The van der Waals surface area contributed by atoms with Gasteiger partial charge in [-0.15, -0.1) is 5.73 Å². The molecule has 0 amide bonds. The average molecular weight is 120 g/mol. The standard InChI is InChI=1S/C9H12/c1-9-7-5-3-2-4-6-8-9/h2,6,8H,3,5,7H2,1H3. The van der Waals surface area contributed by atoms with Crippen molar-refractivity contribution in [3.63, 3.8) is 0 Å². The molecule has 0 saturated carbocycles. The molecule has 0 bridgehead atoms. The highest BCUT2D eigenvalue weighted by molar-refractivity contribution is 5.11. The van der Waals surface area contributed by atoms with E-state index in [2.05, 4.69) is 24.8 Å². The number of allylic oxidation sites excluding steroid dienone is 3. The molecule has 0 unspecified atom stereocenters. The topological polar surface area (TPSA) is 0 Å². The van der Waals surface area contributed by atoms with Gasteiger partial charge in [-0.05, 0) is 38.3 Å². The van der Waals surface area contributed by atoms with Crippen molar-refractivity contribution in [2.45, 2.75) is 26.2 Å². The zero-order valence-electron chi connectivity index (χ0n) is 5.85. The van der Waals surface area contributed by atoms with Crippen LogP contribution in [0.2, 0.25) is 0 Å². The minimum absolute atomic E-state index is 1.18. The van der Waals surface area contributed by atoms with Gasteiger partial charge in [-0.3, -0.25) is 0 Å². The summed E-state index contributed by atoms with van der Waals surface area (Å²) in [7, 11) is 0. The summed E-state index contributed by atoms with van der Waals surface area (Å²) in [4.78, 5) is 0. The molecule has 0 aromatic rings. The normalized spacial score (nSPS) is 18.6. The Labute approximate surface area is 56.6 Å². The van der Waals surface area contributed by atoms with Gasteiger partial charge in [0.05, 0.1) is 0 Å². The molecule has 48 valence electrons. The van der Waals surface area contributed by atoms with Gasteiger partial charge in [-0.1, -0.05) is 11.6 Å². The Bertz CT molecular complexity index is 166. The van der Waals surface area contributed by atoms with Crippen LogP contribution >= 0.6 is 0 Å². The summed E-state index contributed by atoms with van der Waals surface area (Å²) in [6.07, 6.45) is 9.94. The first-order chi connectivity index (χ1) is 4.39. The minimum atomic E-state index is 1.18. The maximum absolute atomic E-state index is 3.09.